The number of benzene rings is 1. The third-order valence-corrected chi connectivity index (χ3v) is 4.33. The zero-order chi connectivity index (χ0) is 14.1. The molecular weight excluding hydrogens is 321 g/mol. The molecule has 1 atom stereocenters. The quantitative estimate of drug-likeness (QED) is 0.846. The van der Waals surface area contributed by atoms with E-state index >= 15 is 0 Å². The summed E-state index contributed by atoms with van der Waals surface area (Å²) >= 11 is 3.17. The lowest BCUT2D eigenvalue weighted by Gasteiger charge is -2.28. The minimum atomic E-state index is -0.283. The van der Waals surface area contributed by atoms with E-state index in [0.717, 1.165) is 25.1 Å². The molecule has 0 spiro atoms. The van der Waals surface area contributed by atoms with Gasteiger partial charge in [-0.05, 0) is 52.5 Å². The molecule has 0 aliphatic carbocycles. The van der Waals surface area contributed by atoms with Gasteiger partial charge in [0.1, 0.15) is 5.82 Å². The maximum absolute atomic E-state index is 13.8. The van der Waals surface area contributed by atoms with E-state index in [2.05, 4.69) is 25.8 Å². The topological polar surface area (TPSA) is 42.1 Å². The smallest absolute Gasteiger partial charge is 0.139 e. The summed E-state index contributed by atoms with van der Waals surface area (Å²) < 4.78 is 14.2. The van der Waals surface area contributed by atoms with Crippen molar-refractivity contribution >= 4 is 27.3 Å². The van der Waals surface area contributed by atoms with Gasteiger partial charge in [0.2, 0.25) is 0 Å². The monoisotopic (exact) mass is 335 g/mol. The molecule has 1 fully saturated rings. The molecule has 1 aromatic heterocycles. The van der Waals surface area contributed by atoms with Gasteiger partial charge in [-0.1, -0.05) is 0 Å². The van der Waals surface area contributed by atoms with Crippen LogP contribution >= 0.6 is 15.9 Å². The number of nitrogen functional groups attached to an aromatic ring is 1. The predicted octanol–water partition coefficient (Wildman–Crippen LogP) is 3.91. The van der Waals surface area contributed by atoms with Crippen LogP contribution in [0.2, 0.25) is 0 Å². The van der Waals surface area contributed by atoms with E-state index in [0.29, 0.717) is 10.2 Å². The molecule has 2 N–H and O–H groups in total. The second-order valence-corrected chi connectivity index (χ2v) is 5.81. The van der Waals surface area contributed by atoms with Crippen LogP contribution in [0.3, 0.4) is 0 Å². The Morgan fingerprint density at radius 2 is 2.05 bits per heavy atom. The average Bonchev–Trinajstić information content (AvgIpc) is 2.93. The molecule has 5 heteroatoms. The third kappa shape index (κ3) is 2.38. The van der Waals surface area contributed by atoms with Crippen molar-refractivity contribution in [2.24, 2.45) is 0 Å². The van der Waals surface area contributed by atoms with Gasteiger partial charge >= 0.3 is 0 Å². The van der Waals surface area contributed by atoms with E-state index in [4.69, 9.17) is 5.73 Å². The molecule has 1 unspecified atom stereocenters. The first-order valence-corrected chi connectivity index (χ1v) is 7.37. The number of hydrogen-bond acceptors (Lipinski definition) is 3. The Morgan fingerprint density at radius 1 is 1.30 bits per heavy atom. The van der Waals surface area contributed by atoms with Gasteiger partial charge in [0.15, 0.2) is 0 Å². The van der Waals surface area contributed by atoms with Gasteiger partial charge in [-0.3, -0.25) is 4.98 Å². The fourth-order valence-corrected chi connectivity index (χ4v) is 3.15. The minimum absolute atomic E-state index is 0.237. The van der Waals surface area contributed by atoms with Crippen LogP contribution in [0.1, 0.15) is 24.4 Å². The lowest BCUT2D eigenvalue weighted by molar-refractivity contribution is 0.619. The van der Waals surface area contributed by atoms with Crippen LogP contribution in [0.4, 0.5) is 15.8 Å². The predicted molar refractivity (Wildman–Crippen MR) is 82.1 cm³/mol. The molecule has 1 aliphatic rings. The number of aromatic nitrogens is 1. The molecule has 1 aromatic carbocycles. The van der Waals surface area contributed by atoms with Gasteiger partial charge in [-0.15, -0.1) is 0 Å². The molecule has 2 aromatic rings. The number of hydrogen-bond donors (Lipinski definition) is 1. The molecule has 2 heterocycles. The van der Waals surface area contributed by atoms with Gasteiger partial charge in [0.25, 0.3) is 0 Å². The molecule has 0 amide bonds. The van der Waals surface area contributed by atoms with Gasteiger partial charge < -0.3 is 10.6 Å². The maximum Gasteiger partial charge on any atom is 0.139 e. The number of nitrogens with zero attached hydrogens (tertiary/aromatic N) is 2. The van der Waals surface area contributed by atoms with Gasteiger partial charge in [-0.2, -0.15) is 0 Å². The van der Waals surface area contributed by atoms with Crippen LogP contribution < -0.4 is 10.6 Å². The van der Waals surface area contributed by atoms with Crippen LogP contribution in [-0.4, -0.2) is 11.5 Å². The highest BCUT2D eigenvalue weighted by Gasteiger charge is 2.28. The lowest BCUT2D eigenvalue weighted by atomic mass is 10.1. The summed E-state index contributed by atoms with van der Waals surface area (Å²) in [5, 5.41) is 0. The van der Waals surface area contributed by atoms with E-state index < -0.39 is 0 Å². The van der Waals surface area contributed by atoms with Crippen LogP contribution in [0.25, 0.3) is 0 Å². The fraction of sp³-hybridized carbons (Fsp3) is 0.267. The first-order valence-electron chi connectivity index (χ1n) is 6.58. The zero-order valence-corrected chi connectivity index (χ0v) is 12.5. The number of nitrogens with two attached hydrogens (primary N) is 1. The van der Waals surface area contributed by atoms with Crippen molar-refractivity contribution in [3.05, 3.63) is 52.5 Å². The first kappa shape index (κ1) is 13.4. The normalized spacial score (nSPS) is 18.5. The van der Waals surface area contributed by atoms with E-state index in [1.165, 1.54) is 11.6 Å². The molecule has 0 radical (unpaired) electrons. The number of rotatable bonds is 2. The Labute approximate surface area is 125 Å². The van der Waals surface area contributed by atoms with Crippen molar-refractivity contribution in [3.63, 3.8) is 0 Å². The fourth-order valence-electron chi connectivity index (χ4n) is 2.79. The second kappa shape index (κ2) is 5.40. The van der Waals surface area contributed by atoms with E-state index in [1.54, 1.807) is 18.5 Å². The summed E-state index contributed by atoms with van der Waals surface area (Å²) in [7, 11) is 0. The Balaban J connectivity index is 1.99. The summed E-state index contributed by atoms with van der Waals surface area (Å²) in [6.07, 6.45) is 5.69. The highest BCUT2D eigenvalue weighted by molar-refractivity contribution is 9.10. The highest BCUT2D eigenvalue weighted by atomic mass is 79.9. The lowest BCUT2D eigenvalue weighted by Crippen LogP contribution is -2.23. The summed E-state index contributed by atoms with van der Waals surface area (Å²) in [6, 6.07) is 7.40. The largest absolute Gasteiger partial charge is 0.397 e. The van der Waals surface area contributed by atoms with Crippen LogP contribution in [0.5, 0.6) is 0 Å². The van der Waals surface area contributed by atoms with E-state index in [1.807, 2.05) is 12.1 Å². The van der Waals surface area contributed by atoms with Gasteiger partial charge in [0, 0.05) is 25.0 Å². The Hall–Kier alpha value is -1.62. The van der Waals surface area contributed by atoms with Crippen molar-refractivity contribution in [2.75, 3.05) is 17.2 Å². The Bertz CT molecular complexity index is 618. The van der Waals surface area contributed by atoms with Crippen LogP contribution in [-0.2, 0) is 0 Å². The SMILES string of the molecule is Nc1cc(Br)c(F)cc1N1CCCC1c1ccncc1. The van der Waals surface area contributed by atoms with Crippen molar-refractivity contribution in [1.29, 1.82) is 0 Å². The Kier molecular flexibility index (Phi) is 3.61. The molecule has 3 rings (SSSR count). The van der Waals surface area contributed by atoms with E-state index in [9.17, 15) is 4.39 Å². The van der Waals surface area contributed by atoms with E-state index in [-0.39, 0.29) is 11.9 Å². The van der Waals surface area contributed by atoms with Crippen molar-refractivity contribution in [3.8, 4) is 0 Å². The highest BCUT2D eigenvalue weighted by Crippen LogP contribution is 2.40. The maximum atomic E-state index is 13.8. The summed E-state index contributed by atoms with van der Waals surface area (Å²) in [5.74, 6) is -0.283. The summed E-state index contributed by atoms with van der Waals surface area (Å²) in [6.45, 7) is 0.887. The number of halogens is 2. The minimum Gasteiger partial charge on any atom is -0.397 e. The van der Waals surface area contributed by atoms with Crippen LogP contribution in [0.15, 0.2) is 41.1 Å². The molecular formula is C15H15BrFN3. The zero-order valence-electron chi connectivity index (χ0n) is 10.9. The van der Waals surface area contributed by atoms with Gasteiger partial charge in [0.05, 0.1) is 21.9 Å². The van der Waals surface area contributed by atoms with Crippen molar-refractivity contribution < 1.29 is 4.39 Å². The molecule has 1 aliphatic heterocycles. The number of anilines is 2. The molecule has 0 saturated carbocycles. The van der Waals surface area contributed by atoms with Crippen LogP contribution in [0, 0.1) is 5.82 Å². The van der Waals surface area contributed by atoms with Gasteiger partial charge in [-0.25, -0.2) is 4.39 Å². The molecule has 1 saturated heterocycles. The third-order valence-electron chi connectivity index (χ3n) is 3.72. The molecule has 20 heavy (non-hydrogen) atoms. The standard InChI is InChI=1S/C15H15BrFN3/c16-11-8-13(18)15(9-12(11)17)20-7-1-2-14(20)10-3-5-19-6-4-10/h3-6,8-9,14H,1-2,7,18H2. The number of pyridine rings is 1. The van der Waals surface area contributed by atoms with Crippen molar-refractivity contribution in [2.45, 2.75) is 18.9 Å². The molecule has 104 valence electrons. The van der Waals surface area contributed by atoms with Crippen molar-refractivity contribution in [1.82, 2.24) is 4.98 Å². The Morgan fingerprint density at radius 3 is 2.80 bits per heavy atom. The second-order valence-electron chi connectivity index (χ2n) is 4.96. The average molecular weight is 336 g/mol. The molecule has 0 bridgehead atoms. The first-order chi connectivity index (χ1) is 9.66. The molecule has 3 nitrogen and oxygen atoms in total. The summed E-state index contributed by atoms with van der Waals surface area (Å²) in [4.78, 5) is 6.23. The summed E-state index contributed by atoms with van der Waals surface area (Å²) in [5.41, 5.74) is 8.62.